The van der Waals surface area contributed by atoms with E-state index in [1.54, 1.807) is 17.0 Å². The molecule has 1 aliphatic heterocycles. The van der Waals surface area contributed by atoms with E-state index in [0.29, 0.717) is 17.3 Å². The summed E-state index contributed by atoms with van der Waals surface area (Å²) in [5.41, 5.74) is 2.60. The number of carbonyl (C=O) groups is 1. The van der Waals surface area contributed by atoms with Gasteiger partial charge in [0.05, 0.1) is 6.54 Å². The summed E-state index contributed by atoms with van der Waals surface area (Å²) in [6.07, 6.45) is 4.35. The third-order valence-corrected chi connectivity index (χ3v) is 5.39. The van der Waals surface area contributed by atoms with Gasteiger partial charge in [0.1, 0.15) is 5.82 Å². The molecule has 0 aliphatic carbocycles. The van der Waals surface area contributed by atoms with Crippen LogP contribution in [0, 0.1) is 6.92 Å². The Morgan fingerprint density at radius 2 is 1.97 bits per heavy atom. The van der Waals surface area contributed by atoms with Crippen LogP contribution in [0.4, 0.5) is 16.2 Å². The topological polar surface area (TPSA) is 63.1 Å². The van der Waals surface area contributed by atoms with Crippen LogP contribution >= 0.6 is 11.6 Å². The predicted molar refractivity (Wildman–Crippen MR) is 115 cm³/mol. The predicted octanol–water partition coefficient (Wildman–Crippen LogP) is 5.21. The highest BCUT2D eigenvalue weighted by atomic mass is 35.5. The fraction of sp³-hybridized carbons (Fsp3) is 0.318. The molecule has 6 nitrogen and oxygen atoms in total. The Kier molecular flexibility index (Phi) is 5.81. The minimum Gasteiger partial charge on any atom is -0.313 e. The summed E-state index contributed by atoms with van der Waals surface area (Å²) in [5.74, 6) is 1.79. The van der Waals surface area contributed by atoms with Crippen LogP contribution in [0.3, 0.4) is 0 Å². The number of amides is 2. The van der Waals surface area contributed by atoms with E-state index < -0.39 is 0 Å². The largest absolute Gasteiger partial charge is 0.326 e. The Labute approximate surface area is 175 Å². The van der Waals surface area contributed by atoms with Crippen molar-refractivity contribution in [2.75, 3.05) is 10.2 Å². The molecule has 0 radical (unpaired) electrons. The summed E-state index contributed by atoms with van der Waals surface area (Å²) < 4.78 is 2.16. The number of urea groups is 1. The minimum atomic E-state index is -0.234. The van der Waals surface area contributed by atoms with Crippen molar-refractivity contribution in [2.24, 2.45) is 0 Å². The normalized spacial score (nSPS) is 13.4. The second kappa shape index (κ2) is 8.66. The van der Waals surface area contributed by atoms with Crippen LogP contribution in [-0.2, 0) is 19.5 Å². The first-order valence-electron chi connectivity index (χ1n) is 9.92. The van der Waals surface area contributed by atoms with Gasteiger partial charge in [-0.05, 0) is 50.1 Å². The van der Waals surface area contributed by atoms with Crippen LogP contribution < -0.4 is 10.2 Å². The van der Waals surface area contributed by atoms with Crippen LogP contribution in [0.25, 0.3) is 0 Å². The maximum atomic E-state index is 13.2. The van der Waals surface area contributed by atoms with Crippen molar-refractivity contribution in [3.8, 4) is 0 Å². The zero-order valence-corrected chi connectivity index (χ0v) is 17.2. The smallest absolute Gasteiger partial charge is 0.313 e. The Morgan fingerprint density at radius 1 is 1.14 bits per heavy atom. The zero-order chi connectivity index (χ0) is 20.2. The van der Waals surface area contributed by atoms with E-state index >= 15 is 0 Å². The van der Waals surface area contributed by atoms with Gasteiger partial charge in [0.25, 0.3) is 0 Å². The van der Waals surface area contributed by atoms with E-state index in [4.69, 9.17) is 11.6 Å². The molecule has 150 valence electrons. The molecule has 0 spiro atoms. The molecule has 2 amide bonds. The standard InChI is InChI=1S/C22H24ClN5O/c1-16-9-11-18(12-10-16)24-22(29)28(19-7-5-6-17(23)14-19)15-21-26-25-20-8-3-2-4-13-27(20)21/h5-7,9-12,14H,2-4,8,13,15H2,1H3,(H,24,29). The molecular weight excluding hydrogens is 386 g/mol. The van der Waals surface area contributed by atoms with E-state index in [2.05, 4.69) is 20.1 Å². The van der Waals surface area contributed by atoms with Gasteiger partial charge >= 0.3 is 6.03 Å². The Bertz CT molecular complexity index is 999. The van der Waals surface area contributed by atoms with Crippen LogP contribution in [-0.4, -0.2) is 20.8 Å². The van der Waals surface area contributed by atoms with Crippen LogP contribution in [0.2, 0.25) is 5.02 Å². The monoisotopic (exact) mass is 409 g/mol. The van der Waals surface area contributed by atoms with Crippen molar-refractivity contribution in [3.05, 3.63) is 70.8 Å². The first-order valence-corrected chi connectivity index (χ1v) is 10.3. The molecule has 4 rings (SSSR count). The first kappa shape index (κ1) is 19.5. The number of rotatable bonds is 4. The van der Waals surface area contributed by atoms with E-state index in [9.17, 15) is 4.79 Å². The lowest BCUT2D eigenvalue weighted by Crippen LogP contribution is -2.35. The summed E-state index contributed by atoms with van der Waals surface area (Å²) in [4.78, 5) is 14.8. The van der Waals surface area contributed by atoms with Gasteiger partial charge in [0.15, 0.2) is 5.82 Å². The van der Waals surface area contributed by atoms with Gasteiger partial charge < -0.3 is 9.88 Å². The van der Waals surface area contributed by atoms with Gasteiger partial charge in [0.2, 0.25) is 0 Å². The van der Waals surface area contributed by atoms with Gasteiger partial charge in [-0.15, -0.1) is 10.2 Å². The van der Waals surface area contributed by atoms with Gasteiger partial charge in [0, 0.05) is 29.4 Å². The average molecular weight is 410 g/mol. The molecule has 0 saturated carbocycles. The molecule has 1 aliphatic rings. The molecule has 0 unspecified atom stereocenters. The van der Waals surface area contributed by atoms with Crippen molar-refractivity contribution in [3.63, 3.8) is 0 Å². The first-order chi connectivity index (χ1) is 14.1. The quantitative estimate of drug-likeness (QED) is 0.643. The van der Waals surface area contributed by atoms with Gasteiger partial charge in [-0.1, -0.05) is 41.8 Å². The molecule has 0 fully saturated rings. The second-order valence-corrected chi connectivity index (χ2v) is 7.79. The summed E-state index contributed by atoms with van der Waals surface area (Å²) in [6, 6.07) is 14.8. The Morgan fingerprint density at radius 3 is 2.76 bits per heavy atom. The zero-order valence-electron chi connectivity index (χ0n) is 16.4. The average Bonchev–Trinajstić information content (AvgIpc) is 2.93. The molecule has 0 bridgehead atoms. The molecule has 7 heteroatoms. The number of aryl methyl sites for hydroxylation is 2. The van der Waals surface area contributed by atoms with Crippen LogP contribution in [0.1, 0.15) is 36.5 Å². The lowest BCUT2D eigenvalue weighted by atomic mass is 10.2. The second-order valence-electron chi connectivity index (χ2n) is 7.36. The SMILES string of the molecule is Cc1ccc(NC(=O)N(Cc2nnc3n2CCCCC3)c2cccc(Cl)c2)cc1. The number of hydrogen-bond acceptors (Lipinski definition) is 3. The molecule has 29 heavy (non-hydrogen) atoms. The molecule has 1 aromatic heterocycles. The maximum Gasteiger partial charge on any atom is 0.326 e. The summed E-state index contributed by atoms with van der Waals surface area (Å²) in [7, 11) is 0. The molecule has 2 heterocycles. The van der Waals surface area contributed by atoms with Crippen LogP contribution in [0.5, 0.6) is 0 Å². The number of carbonyl (C=O) groups excluding carboxylic acids is 1. The molecule has 0 atom stereocenters. The lowest BCUT2D eigenvalue weighted by molar-refractivity contribution is 0.256. The third-order valence-electron chi connectivity index (χ3n) is 5.15. The van der Waals surface area contributed by atoms with Gasteiger partial charge in [-0.3, -0.25) is 4.90 Å². The summed E-state index contributed by atoms with van der Waals surface area (Å²) >= 11 is 6.20. The number of nitrogens with one attached hydrogen (secondary N) is 1. The number of fused-ring (bicyclic) bond motifs is 1. The van der Waals surface area contributed by atoms with Gasteiger partial charge in [-0.25, -0.2) is 4.79 Å². The number of hydrogen-bond donors (Lipinski definition) is 1. The highest BCUT2D eigenvalue weighted by molar-refractivity contribution is 6.31. The van der Waals surface area contributed by atoms with Gasteiger partial charge in [-0.2, -0.15) is 0 Å². The Hall–Kier alpha value is -2.86. The number of aromatic nitrogens is 3. The summed E-state index contributed by atoms with van der Waals surface area (Å²) in [5, 5.41) is 12.3. The molecule has 2 aromatic carbocycles. The Balaban J connectivity index is 1.63. The van der Waals surface area contributed by atoms with Crippen LogP contribution in [0.15, 0.2) is 48.5 Å². The maximum absolute atomic E-state index is 13.2. The number of nitrogens with zero attached hydrogens (tertiary/aromatic N) is 4. The van der Waals surface area contributed by atoms with E-state index in [1.165, 1.54) is 6.42 Å². The highest BCUT2D eigenvalue weighted by Gasteiger charge is 2.22. The van der Waals surface area contributed by atoms with Crippen molar-refractivity contribution in [1.29, 1.82) is 0 Å². The fourth-order valence-corrected chi connectivity index (χ4v) is 3.74. The van der Waals surface area contributed by atoms with Crippen molar-refractivity contribution < 1.29 is 4.79 Å². The van der Waals surface area contributed by atoms with Crippen molar-refractivity contribution in [2.45, 2.75) is 45.7 Å². The van der Waals surface area contributed by atoms with E-state index in [-0.39, 0.29) is 6.03 Å². The number of anilines is 2. The molecular formula is C22H24ClN5O. The third kappa shape index (κ3) is 4.59. The molecule has 0 saturated heterocycles. The summed E-state index contributed by atoms with van der Waals surface area (Å²) in [6.45, 7) is 3.23. The lowest BCUT2D eigenvalue weighted by Gasteiger charge is -2.23. The highest BCUT2D eigenvalue weighted by Crippen LogP contribution is 2.24. The van der Waals surface area contributed by atoms with Crippen molar-refractivity contribution in [1.82, 2.24) is 14.8 Å². The fourth-order valence-electron chi connectivity index (χ4n) is 3.56. The number of halogens is 1. The molecule has 3 aromatic rings. The molecule has 1 N–H and O–H groups in total. The van der Waals surface area contributed by atoms with E-state index in [1.807, 2.05) is 43.3 Å². The van der Waals surface area contributed by atoms with E-state index in [0.717, 1.165) is 48.7 Å². The van der Waals surface area contributed by atoms with Crippen molar-refractivity contribution >= 4 is 29.0 Å². The minimum absolute atomic E-state index is 0.234. The number of benzene rings is 2.